The lowest BCUT2D eigenvalue weighted by Crippen LogP contribution is -2.06. The van der Waals surface area contributed by atoms with Crippen LogP contribution in [0.5, 0.6) is 5.75 Å². The molecule has 0 atom stereocenters. The summed E-state index contributed by atoms with van der Waals surface area (Å²) in [6, 6.07) is 12.8. The maximum atomic E-state index is 11.5. The van der Waals surface area contributed by atoms with Crippen molar-refractivity contribution < 1.29 is 29.3 Å². The van der Waals surface area contributed by atoms with Crippen LogP contribution in [0.4, 0.5) is 0 Å². The van der Waals surface area contributed by atoms with Gasteiger partial charge in [-0.3, -0.25) is 4.79 Å². The summed E-state index contributed by atoms with van der Waals surface area (Å²) < 4.78 is 10.7. The van der Waals surface area contributed by atoms with E-state index in [1.165, 1.54) is 7.11 Å². The highest BCUT2D eigenvalue weighted by Gasteiger charge is 2.12. The van der Waals surface area contributed by atoms with Gasteiger partial charge < -0.3 is 19.7 Å². The van der Waals surface area contributed by atoms with Crippen molar-refractivity contribution in [2.24, 2.45) is 0 Å². The average molecular weight is 414 g/mol. The number of carbonyl (C=O) groups is 2. The predicted octanol–water partition coefficient (Wildman–Crippen LogP) is 4.16. The maximum Gasteiger partial charge on any atom is 0.337 e. The second kappa shape index (κ2) is 12.6. The lowest BCUT2D eigenvalue weighted by atomic mass is 9.97. The van der Waals surface area contributed by atoms with Gasteiger partial charge in [0.2, 0.25) is 0 Å². The highest BCUT2D eigenvalue weighted by Crippen LogP contribution is 2.27. The maximum absolute atomic E-state index is 11.5. The summed E-state index contributed by atoms with van der Waals surface area (Å²) in [4.78, 5) is 22.7. The number of benzene rings is 2. The van der Waals surface area contributed by atoms with Gasteiger partial charge in [0.05, 0.1) is 12.7 Å². The topological polar surface area (TPSA) is 93.1 Å². The van der Waals surface area contributed by atoms with Crippen LogP contribution in [-0.4, -0.2) is 35.9 Å². The van der Waals surface area contributed by atoms with Crippen LogP contribution in [0.25, 0.3) is 0 Å². The van der Waals surface area contributed by atoms with Crippen molar-refractivity contribution in [2.45, 2.75) is 51.6 Å². The van der Waals surface area contributed by atoms with Crippen LogP contribution >= 0.6 is 0 Å². The molecule has 6 heteroatoms. The van der Waals surface area contributed by atoms with Crippen molar-refractivity contribution in [1.29, 1.82) is 0 Å². The van der Waals surface area contributed by atoms with Crippen LogP contribution in [-0.2, 0) is 29.0 Å². The Labute approximate surface area is 177 Å². The summed E-state index contributed by atoms with van der Waals surface area (Å²) in [6.45, 7) is 0.537. The zero-order chi connectivity index (χ0) is 21.8. The smallest absolute Gasteiger partial charge is 0.337 e. The molecule has 6 nitrogen and oxygen atoms in total. The van der Waals surface area contributed by atoms with Gasteiger partial charge in [-0.05, 0) is 60.6 Å². The van der Waals surface area contributed by atoms with Crippen molar-refractivity contribution in [3.05, 3.63) is 64.7 Å². The van der Waals surface area contributed by atoms with E-state index >= 15 is 0 Å². The third-order valence-corrected chi connectivity index (χ3v) is 4.94. The summed E-state index contributed by atoms with van der Waals surface area (Å²) >= 11 is 0. The van der Waals surface area contributed by atoms with E-state index in [0.717, 1.165) is 48.8 Å². The molecule has 0 amide bonds. The number of aliphatic hydroxyl groups excluding tert-OH is 1. The number of carboxylic acids is 1. The van der Waals surface area contributed by atoms with Crippen LogP contribution in [0, 0.1) is 0 Å². The summed E-state index contributed by atoms with van der Waals surface area (Å²) in [5, 5.41) is 18.0. The van der Waals surface area contributed by atoms with Crippen molar-refractivity contribution >= 4 is 11.9 Å². The van der Waals surface area contributed by atoms with Gasteiger partial charge in [0.1, 0.15) is 12.4 Å². The first-order chi connectivity index (χ1) is 14.5. The van der Waals surface area contributed by atoms with Crippen LogP contribution in [0.15, 0.2) is 42.5 Å². The monoisotopic (exact) mass is 414 g/mol. The Bertz CT molecular complexity index is 813. The minimum atomic E-state index is -0.836. The van der Waals surface area contributed by atoms with E-state index in [2.05, 4.69) is 0 Å². The van der Waals surface area contributed by atoms with Gasteiger partial charge in [-0.2, -0.15) is 0 Å². The minimum Gasteiger partial charge on any atom is -0.489 e. The molecule has 0 fully saturated rings. The third kappa shape index (κ3) is 7.52. The zero-order valence-electron chi connectivity index (χ0n) is 17.4. The van der Waals surface area contributed by atoms with Crippen LogP contribution in [0.3, 0.4) is 0 Å². The zero-order valence-corrected chi connectivity index (χ0v) is 17.4. The average Bonchev–Trinajstić information content (AvgIpc) is 2.76. The first kappa shape index (κ1) is 23.4. The van der Waals surface area contributed by atoms with Crippen molar-refractivity contribution in [3.63, 3.8) is 0 Å². The van der Waals surface area contributed by atoms with Gasteiger partial charge in [-0.25, -0.2) is 4.79 Å². The van der Waals surface area contributed by atoms with Gasteiger partial charge in [0.25, 0.3) is 0 Å². The van der Waals surface area contributed by atoms with Gasteiger partial charge in [-0.15, -0.1) is 0 Å². The highest BCUT2D eigenvalue weighted by molar-refractivity contribution is 5.89. The Morgan fingerprint density at radius 3 is 2.33 bits per heavy atom. The molecule has 0 bridgehead atoms. The number of hydrogen-bond donors (Lipinski definition) is 2. The number of unbranched alkanes of at least 4 members (excludes halogenated alkanes) is 3. The molecule has 0 aliphatic heterocycles. The molecule has 0 heterocycles. The predicted molar refractivity (Wildman–Crippen MR) is 114 cm³/mol. The molecule has 2 N–H and O–H groups in total. The van der Waals surface area contributed by atoms with E-state index < -0.39 is 5.97 Å². The molecule has 0 aliphatic carbocycles. The fraction of sp³-hybridized carbons (Fsp3) is 0.417. The summed E-state index contributed by atoms with van der Waals surface area (Å²) in [5.41, 5.74) is 3.43. The largest absolute Gasteiger partial charge is 0.489 e. The van der Waals surface area contributed by atoms with Crippen molar-refractivity contribution in [2.75, 3.05) is 13.7 Å². The number of hydrogen-bond acceptors (Lipinski definition) is 5. The molecule has 0 unspecified atom stereocenters. The fourth-order valence-electron chi connectivity index (χ4n) is 3.29. The fourth-order valence-corrected chi connectivity index (χ4v) is 3.29. The Hall–Kier alpha value is -2.86. The molecule has 0 spiro atoms. The highest BCUT2D eigenvalue weighted by atomic mass is 16.5. The molecule has 30 heavy (non-hydrogen) atoms. The van der Waals surface area contributed by atoms with E-state index in [9.17, 15) is 9.59 Å². The molecule has 162 valence electrons. The van der Waals surface area contributed by atoms with Crippen molar-refractivity contribution in [3.8, 4) is 5.75 Å². The standard InChI is InChI=1S/C24H30O6/c1-29-24(28)20-12-10-18(11-13-20)17-30-22-9-6-8-19(7-4-2-3-5-16-25)21(22)14-15-23(26)27/h6,8-13,25H,2-5,7,14-17H2,1H3,(H,26,27). The second-order valence-corrected chi connectivity index (χ2v) is 7.15. The second-order valence-electron chi connectivity index (χ2n) is 7.15. The number of aliphatic carboxylic acids is 1. The normalized spacial score (nSPS) is 10.6. The first-order valence-corrected chi connectivity index (χ1v) is 10.3. The summed E-state index contributed by atoms with van der Waals surface area (Å²) in [7, 11) is 1.34. The third-order valence-electron chi connectivity index (χ3n) is 4.94. The molecule has 2 aromatic rings. The van der Waals surface area contributed by atoms with E-state index in [0.29, 0.717) is 24.3 Å². The summed E-state index contributed by atoms with van der Waals surface area (Å²) in [5.74, 6) is -0.525. The van der Waals surface area contributed by atoms with E-state index in [1.54, 1.807) is 12.1 Å². The van der Waals surface area contributed by atoms with Gasteiger partial charge >= 0.3 is 11.9 Å². The quantitative estimate of drug-likeness (QED) is 0.378. The molecule has 0 saturated heterocycles. The molecule has 2 rings (SSSR count). The van der Waals surface area contributed by atoms with E-state index in [1.807, 2.05) is 30.3 Å². The van der Waals surface area contributed by atoms with E-state index in [-0.39, 0.29) is 19.0 Å². The number of aliphatic hydroxyl groups is 1. The Morgan fingerprint density at radius 1 is 0.933 bits per heavy atom. The molecule has 0 saturated carbocycles. The number of ether oxygens (including phenoxy) is 2. The van der Waals surface area contributed by atoms with E-state index in [4.69, 9.17) is 19.7 Å². The Kier molecular flexibility index (Phi) is 9.87. The summed E-state index contributed by atoms with van der Waals surface area (Å²) in [6.07, 6.45) is 5.12. The molecule has 0 aromatic heterocycles. The number of rotatable bonds is 13. The lowest BCUT2D eigenvalue weighted by Gasteiger charge is -2.16. The SMILES string of the molecule is COC(=O)c1ccc(COc2cccc(CCCCCCO)c2CCC(=O)O)cc1. The lowest BCUT2D eigenvalue weighted by molar-refractivity contribution is -0.136. The van der Waals surface area contributed by atoms with Crippen LogP contribution in [0.1, 0.15) is 59.2 Å². The number of esters is 1. The van der Waals surface area contributed by atoms with Crippen LogP contribution in [0.2, 0.25) is 0 Å². The van der Waals surface area contributed by atoms with Gasteiger partial charge in [-0.1, -0.05) is 37.1 Å². The van der Waals surface area contributed by atoms with Gasteiger partial charge in [0, 0.05) is 13.0 Å². The minimum absolute atomic E-state index is 0.0473. The molecule has 2 aromatic carbocycles. The number of methoxy groups -OCH3 is 1. The molecular weight excluding hydrogens is 384 g/mol. The van der Waals surface area contributed by atoms with Crippen LogP contribution < -0.4 is 4.74 Å². The van der Waals surface area contributed by atoms with Gasteiger partial charge in [0.15, 0.2) is 0 Å². The number of carbonyl (C=O) groups excluding carboxylic acids is 1. The van der Waals surface area contributed by atoms with Crippen molar-refractivity contribution in [1.82, 2.24) is 0 Å². The number of aryl methyl sites for hydroxylation is 1. The number of carboxylic acid groups (broad SMARTS) is 1. The Morgan fingerprint density at radius 2 is 1.67 bits per heavy atom. The first-order valence-electron chi connectivity index (χ1n) is 10.3. The molecule has 0 aliphatic rings. The molecular formula is C24H30O6. The Balaban J connectivity index is 2.07. The molecule has 0 radical (unpaired) electrons.